The van der Waals surface area contributed by atoms with Crippen molar-refractivity contribution in [1.82, 2.24) is 0 Å². The molecule has 0 aromatic carbocycles. The predicted octanol–water partition coefficient (Wildman–Crippen LogP) is 12.1. The Morgan fingerprint density at radius 1 is 0.545 bits per heavy atom. The molecule has 0 aliphatic carbocycles. The van der Waals surface area contributed by atoms with Crippen LogP contribution < -0.4 is 4.89 Å². The van der Waals surface area contributed by atoms with Crippen LogP contribution in [0.5, 0.6) is 0 Å². The van der Waals surface area contributed by atoms with Crippen molar-refractivity contribution in [1.29, 1.82) is 0 Å². The molecule has 0 saturated heterocycles. The molecular weight excluding hydrogens is 713 g/mol. The Labute approximate surface area is 339 Å². The van der Waals surface area contributed by atoms with Gasteiger partial charge in [-0.2, -0.15) is 0 Å². The maximum absolute atomic E-state index is 12.7. The summed E-state index contributed by atoms with van der Waals surface area (Å²) in [6, 6.07) is 0. The zero-order valence-electron chi connectivity index (χ0n) is 36.4. The van der Waals surface area contributed by atoms with Gasteiger partial charge in [-0.05, 0) is 64.2 Å². The van der Waals surface area contributed by atoms with Crippen molar-refractivity contribution >= 4 is 19.8 Å². The van der Waals surface area contributed by atoms with E-state index in [0.29, 0.717) is 17.4 Å². The van der Waals surface area contributed by atoms with Gasteiger partial charge in [-0.15, -0.1) is 0 Å². The van der Waals surface area contributed by atoms with Gasteiger partial charge in [-0.25, -0.2) is 0 Å². The molecule has 2 atom stereocenters. The highest BCUT2D eigenvalue weighted by Crippen LogP contribution is 2.38. The highest BCUT2D eigenvalue weighted by Gasteiger charge is 2.21. The fraction of sp³-hybridized carbons (Fsp3) is 0.867. The number of likely N-dealkylation sites (N-methyl/N-ethyl adjacent to an activating group) is 1. The SMILES string of the molecule is CCCCC/C=C\CCCCCCCC(=O)OC[C@H](COP(=O)([O-])OCC[N+](C)(C)C)OC(=O)CCCCCCCCC/C=C\CCCCCCCCCC. The summed E-state index contributed by atoms with van der Waals surface area (Å²) in [6.07, 6.45) is 40.6. The number of phosphoric ester groups is 1. The van der Waals surface area contributed by atoms with Crippen LogP contribution in [0.15, 0.2) is 24.3 Å². The van der Waals surface area contributed by atoms with E-state index in [4.69, 9.17) is 18.5 Å². The molecule has 0 heterocycles. The average Bonchev–Trinajstić information content (AvgIpc) is 3.13. The van der Waals surface area contributed by atoms with Crippen LogP contribution in [0.1, 0.15) is 200 Å². The maximum Gasteiger partial charge on any atom is 0.306 e. The fourth-order valence-corrected chi connectivity index (χ4v) is 6.84. The first-order valence-corrected chi connectivity index (χ1v) is 24.0. The van der Waals surface area contributed by atoms with E-state index < -0.39 is 32.5 Å². The van der Waals surface area contributed by atoms with Crippen molar-refractivity contribution < 1.29 is 42.1 Å². The summed E-state index contributed by atoms with van der Waals surface area (Å²) in [7, 11) is 1.16. The van der Waals surface area contributed by atoms with Crippen LogP contribution in [0, 0.1) is 0 Å². The normalized spacial score (nSPS) is 13.8. The van der Waals surface area contributed by atoms with Crippen LogP contribution in [0.3, 0.4) is 0 Å². The lowest BCUT2D eigenvalue weighted by molar-refractivity contribution is -0.870. The molecule has 0 bridgehead atoms. The second kappa shape index (κ2) is 38.0. The van der Waals surface area contributed by atoms with E-state index in [1.807, 2.05) is 21.1 Å². The topological polar surface area (TPSA) is 111 Å². The predicted molar refractivity (Wildman–Crippen MR) is 227 cm³/mol. The Bertz CT molecular complexity index is 996. The van der Waals surface area contributed by atoms with Gasteiger partial charge in [-0.3, -0.25) is 14.2 Å². The lowest BCUT2D eigenvalue weighted by Crippen LogP contribution is -2.37. The van der Waals surface area contributed by atoms with Gasteiger partial charge in [0.1, 0.15) is 19.8 Å². The largest absolute Gasteiger partial charge is 0.756 e. The van der Waals surface area contributed by atoms with Gasteiger partial charge in [0.05, 0.1) is 27.7 Å². The first-order chi connectivity index (χ1) is 26.5. The number of allylic oxidation sites excluding steroid dienone is 4. The number of rotatable bonds is 41. The van der Waals surface area contributed by atoms with Crippen molar-refractivity contribution in [3.8, 4) is 0 Å². The van der Waals surface area contributed by atoms with Crippen molar-refractivity contribution in [3.05, 3.63) is 24.3 Å². The van der Waals surface area contributed by atoms with E-state index in [9.17, 15) is 19.0 Å². The van der Waals surface area contributed by atoms with Gasteiger partial charge >= 0.3 is 11.9 Å². The molecule has 0 rings (SSSR count). The fourth-order valence-electron chi connectivity index (χ4n) is 6.11. The molecule has 0 fully saturated rings. The third-order valence-electron chi connectivity index (χ3n) is 9.69. The minimum Gasteiger partial charge on any atom is -0.756 e. The van der Waals surface area contributed by atoms with Gasteiger partial charge < -0.3 is 27.9 Å². The van der Waals surface area contributed by atoms with Crippen LogP contribution in [0.4, 0.5) is 0 Å². The van der Waals surface area contributed by atoms with E-state index in [0.717, 1.165) is 64.2 Å². The molecule has 0 N–H and O–H groups in total. The van der Waals surface area contributed by atoms with Gasteiger partial charge in [0.15, 0.2) is 6.10 Å². The van der Waals surface area contributed by atoms with Gasteiger partial charge in [0, 0.05) is 12.8 Å². The molecular formula is C45H86NO8P. The quantitative estimate of drug-likeness (QED) is 0.0198. The Kier molecular flexibility index (Phi) is 37.0. The monoisotopic (exact) mass is 800 g/mol. The number of nitrogens with zero attached hydrogens (tertiary/aromatic N) is 1. The summed E-state index contributed by atoms with van der Waals surface area (Å²) in [5, 5.41) is 0. The molecule has 1 unspecified atom stereocenters. The number of carbonyl (C=O) groups excluding carboxylic acids is 2. The van der Waals surface area contributed by atoms with Crippen molar-refractivity contribution in [3.63, 3.8) is 0 Å². The van der Waals surface area contributed by atoms with Crippen LogP contribution in [-0.4, -0.2) is 70.0 Å². The Morgan fingerprint density at radius 2 is 0.927 bits per heavy atom. The summed E-state index contributed by atoms with van der Waals surface area (Å²) >= 11 is 0. The summed E-state index contributed by atoms with van der Waals surface area (Å²) in [6.45, 7) is 4.20. The summed E-state index contributed by atoms with van der Waals surface area (Å²) < 4.78 is 33.9. The number of quaternary nitrogens is 1. The van der Waals surface area contributed by atoms with Crippen LogP contribution in [0.25, 0.3) is 0 Å². The average molecular weight is 800 g/mol. The first-order valence-electron chi connectivity index (χ1n) is 22.5. The number of hydrogen-bond acceptors (Lipinski definition) is 8. The van der Waals surface area contributed by atoms with Gasteiger partial charge in [0.25, 0.3) is 7.82 Å². The zero-order valence-corrected chi connectivity index (χ0v) is 37.3. The number of carbonyl (C=O) groups is 2. The number of esters is 2. The second-order valence-corrected chi connectivity index (χ2v) is 17.8. The minimum atomic E-state index is -4.62. The molecule has 324 valence electrons. The molecule has 0 spiro atoms. The molecule has 0 radical (unpaired) electrons. The molecule has 0 saturated carbocycles. The summed E-state index contributed by atoms with van der Waals surface area (Å²) in [4.78, 5) is 37.5. The molecule has 10 heteroatoms. The maximum atomic E-state index is 12.7. The summed E-state index contributed by atoms with van der Waals surface area (Å²) in [5.74, 6) is -0.846. The lowest BCUT2D eigenvalue weighted by Gasteiger charge is -2.28. The molecule has 55 heavy (non-hydrogen) atoms. The highest BCUT2D eigenvalue weighted by atomic mass is 31.2. The minimum absolute atomic E-state index is 0.0318. The molecule has 0 aromatic rings. The Hall–Kier alpha value is -1.51. The number of ether oxygens (including phenoxy) is 2. The van der Waals surface area contributed by atoms with Crippen LogP contribution in [-0.2, 0) is 32.7 Å². The number of hydrogen-bond donors (Lipinski definition) is 0. The lowest BCUT2D eigenvalue weighted by atomic mass is 10.1. The van der Waals surface area contributed by atoms with E-state index in [1.165, 1.54) is 103 Å². The van der Waals surface area contributed by atoms with E-state index in [-0.39, 0.29) is 26.1 Å². The molecule has 0 aliphatic rings. The standard InChI is InChI=1S/C45H86NO8P/c1-6-8-10-12-14-16-18-20-21-22-23-24-25-26-28-30-32-34-36-38-45(48)54-43(42-53-55(49,50)52-40-39-46(3,4)5)41-51-44(47)37-35-33-31-29-27-19-17-15-13-11-9-7-2/h15,17,22-23,43H,6-14,16,18-21,24-42H2,1-5H3/b17-15-,23-22-/t43-/m1/s1. The first kappa shape index (κ1) is 53.5. The van der Waals surface area contributed by atoms with E-state index in [1.54, 1.807) is 0 Å². The smallest absolute Gasteiger partial charge is 0.306 e. The molecule has 0 aliphatic heterocycles. The van der Waals surface area contributed by atoms with Crippen molar-refractivity contribution in [2.75, 3.05) is 47.5 Å². The van der Waals surface area contributed by atoms with E-state index >= 15 is 0 Å². The van der Waals surface area contributed by atoms with Gasteiger partial charge in [0.2, 0.25) is 0 Å². The third-order valence-corrected chi connectivity index (χ3v) is 10.7. The Balaban J connectivity index is 4.32. The molecule has 0 amide bonds. The highest BCUT2D eigenvalue weighted by molar-refractivity contribution is 7.45. The second-order valence-electron chi connectivity index (χ2n) is 16.4. The number of unbranched alkanes of at least 4 members (excludes halogenated alkanes) is 23. The zero-order chi connectivity index (χ0) is 40.7. The Morgan fingerprint density at radius 3 is 1.38 bits per heavy atom. The molecule has 9 nitrogen and oxygen atoms in total. The van der Waals surface area contributed by atoms with Crippen molar-refractivity contribution in [2.24, 2.45) is 0 Å². The summed E-state index contributed by atoms with van der Waals surface area (Å²) in [5.41, 5.74) is 0. The van der Waals surface area contributed by atoms with Gasteiger partial charge in [-0.1, -0.05) is 147 Å². The molecule has 0 aromatic heterocycles. The number of phosphoric acid groups is 1. The third kappa shape index (κ3) is 41.9. The van der Waals surface area contributed by atoms with Crippen LogP contribution in [0.2, 0.25) is 0 Å². The van der Waals surface area contributed by atoms with E-state index in [2.05, 4.69) is 38.2 Å². The van der Waals surface area contributed by atoms with Crippen LogP contribution >= 0.6 is 7.82 Å². The van der Waals surface area contributed by atoms with Crippen molar-refractivity contribution in [2.45, 2.75) is 206 Å².